The highest BCUT2D eigenvalue weighted by molar-refractivity contribution is 7.92. The monoisotopic (exact) mass is 507 g/mol. The largest absolute Gasteiger partial charge is 0.357 e. The van der Waals surface area contributed by atoms with Crippen LogP contribution in [0, 0.1) is 20.8 Å². The molecule has 3 aromatic carbocycles. The van der Waals surface area contributed by atoms with E-state index in [4.69, 9.17) is 0 Å². The van der Waals surface area contributed by atoms with E-state index in [0.29, 0.717) is 5.69 Å². The van der Waals surface area contributed by atoms with E-state index in [2.05, 4.69) is 5.32 Å². The molecule has 3 aromatic rings. The summed E-state index contributed by atoms with van der Waals surface area (Å²) in [6.45, 7) is 7.04. The van der Waals surface area contributed by atoms with E-state index in [0.717, 1.165) is 26.6 Å². The Morgan fingerprint density at radius 3 is 2.22 bits per heavy atom. The van der Waals surface area contributed by atoms with Crippen LogP contribution in [0.2, 0.25) is 0 Å². The van der Waals surface area contributed by atoms with Crippen molar-refractivity contribution < 1.29 is 18.0 Å². The van der Waals surface area contributed by atoms with Gasteiger partial charge in [-0.15, -0.1) is 0 Å². The first-order valence-electron chi connectivity index (χ1n) is 11.8. The fraction of sp³-hybridized carbons (Fsp3) is 0.286. The molecule has 0 saturated carbocycles. The molecule has 0 radical (unpaired) electrons. The van der Waals surface area contributed by atoms with Crippen LogP contribution in [-0.4, -0.2) is 44.8 Å². The van der Waals surface area contributed by atoms with Gasteiger partial charge in [0.2, 0.25) is 11.8 Å². The summed E-state index contributed by atoms with van der Waals surface area (Å²) in [5.74, 6) is -0.812. The topological polar surface area (TPSA) is 86.8 Å². The lowest BCUT2D eigenvalue weighted by molar-refractivity contribution is -0.139. The smallest absolute Gasteiger partial charge is 0.264 e. The van der Waals surface area contributed by atoms with Gasteiger partial charge in [-0.25, -0.2) is 8.42 Å². The minimum atomic E-state index is -4.07. The first-order valence-corrected chi connectivity index (χ1v) is 13.2. The number of rotatable bonds is 9. The minimum Gasteiger partial charge on any atom is -0.357 e. The van der Waals surface area contributed by atoms with Crippen molar-refractivity contribution in [2.75, 3.05) is 17.9 Å². The summed E-state index contributed by atoms with van der Waals surface area (Å²) in [5.41, 5.74) is 3.97. The predicted molar refractivity (Wildman–Crippen MR) is 142 cm³/mol. The molecular weight excluding hydrogens is 474 g/mol. The zero-order valence-corrected chi connectivity index (χ0v) is 22.2. The van der Waals surface area contributed by atoms with E-state index in [1.54, 1.807) is 37.3 Å². The van der Waals surface area contributed by atoms with Crippen molar-refractivity contribution >= 4 is 27.5 Å². The van der Waals surface area contributed by atoms with Gasteiger partial charge in [-0.2, -0.15) is 0 Å². The number of nitrogens with one attached hydrogen (secondary N) is 1. The highest BCUT2D eigenvalue weighted by Gasteiger charge is 2.33. The highest BCUT2D eigenvalue weighted by Crippen LogP contribution is 2.29. The summed E-state index contributed by atoms with van der Waals surface area (Å²) in [4.78, 5) is 27.9. The standard InChI is InChI=1S/C28H33N3O4S/c1-20-11-9-13-24(17-20)18-30(23(4)28(33)29-5)27(32)19-31(26-16-10-12-21(2)22(26)3)36(34,35)25-14-7-6-8-15-25/h6-17,23H,18-19H2,1-5H3,(H,29,33). The highest BCUT2D eigenvalue weighted by atomic mass is 32.2. The number of carbonyl (C=O) groups is 2. The van der Waals surface area contributed by atoms with Gasteiger partial charge in [-0.1, -0.05) is 60.2 Å². The van der Waals surface area contributed by atoms with Gasteiger partial charge >= 0.3 is 0 Å². The van der Waals surface area contributed by atoms with Crippen molar-refractivity contribution in [2.45, 2.75) is 45.2 Å². The summed E-state index contributed by atoms with van der Waals surface area (Å²) in [6, 6.07) is 20.3. The quantitative estimate of drug-likeness (QED) is 0.475. The van der Waals surface area contributed by atoms with Crippen LogP contribution in [0.5, 0.6) is 0 Å². The van der Waals surface area contributed by atoms with Gasteiger partial charge in [0.1, 0.15) is 12.6 Å². The number of benzene rings is 3. The molecule has 8 heteroatoms. The molecule has 0 saturated heterocycles. The van der Waals surface area contributed by atoms with Crippen LogP contribution in [0.3, 0.4) is 0 Å². The van der Waals surface area contributed by atoms with Crippen molar-refractivity contribution in [2.24, 2.45) is 0 Å². The second kappa shape index (κ2) is 11.4. The van der Waals surface area contributed by atoms with Crippen molar-refractivity contribution in [1.29, 1.82) is 0 Å². The molecule has 1 N–H and O–H groups in total. The zero-order valence-electron chi connectivity index (χ0n) is 21.4. The molecule has 0 bridgehead atoms. The molecule has 1 atom stereocenters. The maximum absolute atomic E-state index is 13.8. The van der Waals surface area contributed by atoms with Crippen molar-refractivity contribution in [3.8, 4) is 0 Å². The molecule has 0 aliphatic heterocycles. The SMILES string of the molecule is CNC(=O)C(C)N(Cc1cccc(C)c1)C(=O)CN(c1cccc(C)c1C)S(=O)(=O)c1ccccc1. The second-order valence-electron chi connectivity index (χ2n) is 8.84. The molecule has 0 heterocycles. The lowest BCUT2D eigenvalue weighted by Gasteiger charge is -2.32. The predicted octanol–water partition coefficient (Wildman–Crippen LogP) is 3.97. The summed E-state index contributed by atoms with van der Waals surface area (Å²) in [6.07, 6.45) is 0. The van der Waals surface area contributed by atoms with Crippen LogP contribution in [0.15, 0.2) is 77.7 Å². The zero-order chi connectivity index (χ0) is 26.5. The second-order valence-corrected chi connectivity index (χ2v) is 10.7. The molecule has 3 rings (SSSR count). The molecule has 0 spiro atoms. The maximum atomic E-state index is 13.8. The Hall–Kier alpha value is -3.65. The number of hydrogen-bond acceptors (Lipinski definition) is 4. The fourth-order valence-electron chi connectivity index (χ4n) is 4.04. The third-order valence-electron chi connectivity index (χ3n) is 6.30. The lowest BCUT2D eigenvalue weighted by Crippen LogP contribution is -2.50. The van der Waals surface area contributed by atoms with Gasteiger partial charge in [0.25, 0.3) is 10.0 Å². The Balaban J connectivity index is 2.07. The Bertz CT molecular complexity index is 1340. The van der Waals surface area contributed by atoms with E-state index >= 15 is 0 Å². The third kappa shape index (κ3) is 5.94. The summed E-state index contributed by atoms with van der Waals surface area (Å²) in [7, 11) is -2.56. The number of sulfonamides is 1. The third-order valence-corrected chi connectivity index (χ3v) is 8.08. The Kier molecular flexibility index (Phi) is 8.53. The maximum Gasteiger partial charge on any atom is 0.264 e. The first kappa shape index (κ1) is 26.9. The Morgan fingerprint density at radius 1 is 0.917 bits per heavy atom. The van der Waals surface area contributed by atoms with Crippen LogP contribution in [-0.2, 0) is 26.2 Å². The minimum absolute atomic E-state index is 0.0864. The van der Waals surface area contributed by atoms with Crippen LogP contribution in [0.1, 0.15) is 29.2 Å². The van der Waals surface area contributed by atoms with Gasteiger partial charge in [0.15, 0.2) is 0 Å². The molecule has 0 aliphatic rings. The van der Waals surface area contributed by atoms with Crippen LogP contribution >= 0.6 is 0 Å². The normalized spacial score (nSPS) is 12.0. The van der Waals surface area contributed by atoms with Gasteiger partial charge in [-0.3, -0.25) is 13.9 Å². The molecule has 190 valence electrons. The first-order chi connectivity index (χ1) is 17.1. The van der Waals surface area contributed by atoms with Crippen LogP contribution < -0.4 is 9.62 Å². The average Bonchev–Trinajstić information content (AvgIpc) is 2.87. The van der Waals surface area contributed by atoms with Crippen molar-refractivity contribution in [3.05, 3.63) is 95.1 Å². The van der Waals surface area contributed by atoms with Crippen LogP contribution in [0.4, 0.5) is 5.69 Å². The number of amides is 2. The fourth-order valence-corrected chi connectivity index (χ4v) is 5.53. The number of nitrogens with zero attached hydrogens (tertiary/aromatic N) is 2. The molecular formula is C28H33N3O4S. The summed E-state index contributed by atoms with van der Waals surface area (Å²) in [5, 5.41) is 2.59. The molecule has 1 unspecified atom stereocenters. The number of carbonyl (C=O) groups excluding carboxylic acids is 2. The molecule has 0 aliphatic carbocycles. The number of aryl methyl sites for hydroxylation is 2. The van der Waals surface area contributed by atoms with Crippen molar-refractivity contribution in [1.82, 2.24) is 10.2 Å². The van der Waals surface area contributed by atoms with Gasteiger partial charge in [0, 0.05) is 13.6 Å². The molecule has 2 amide bonds. The Labute approximate surface area is 213 Å². The van der Waals surface area contributed by atoms with E-state index in [1.165, 1.54) is 24.1 Å². The average molecular weight is 508 g/mol. The van der Waals surface area contributed by atoms with E-state index in [-0.39, 0.29) is 17.3 Å². The molecule has 36 heavy (non-hydrogen) atoms. The molecule has 0 aromatic heterocycles. The Morgan fingerprint density at radius 2 is 1.58 bits per heavy atom. The van der Waals surface area contributed by atoms with Crippen molar-refractivity contribution in [3.63, 3.8) is 0 Å². The van der Waals surface area contributed by atoms with Gasteiger partial charge < -0.3 is 10.2 Å². The number of likely N-dealkylation sites (N-methyl/N-ethyl adjacent to an activating group) is 1. The lowest BCUT2D eigenvalue weighted by atomic mass is 10.1. The van der Waals surface area contributed by atoms with Gasteiger partial charge in [-0.05, 0) is 62.6 Å². The van der Waals surface area contributed by atoms with E-state index in [1.807, 2.05) is 51.1 Å². The van der Waals surface area contributed by atoms with E-state index < -0.39 is 28.5 Å². The molecule has 7 nitrogen and oxygen atoms in total. The summed E-state index contributed by atoms with van der Waals surface area (Å²) < 4.78 is 28.7. The van der Waals surface area contributed by atoms with E-state index in [9.17, 15) is 18.0 Å². The number of anilines is 1. The number of hydrogen-bond donors (Lipinski definition) is 1. The van der Waals surface area contributed by atoms with Crippen LogP contribution in [0.25, 0.3) is 0 Å². The van der Waals surface area contributed by atoms with Gasteiger partial charge in [0.05, 0.1) is 10.6 Å². The summed E-state index contributed by atoms with van der Waals surface area (Å²) >= 11 is 0. The molecule has 0 fully saturated rings.